The molecule has 1 aliphatic carbocycles. The van der Waals surface area contributed by atoms with Gasteiger partial charge < -0.3 is 24.8 Å². The van der Waals surface area contributed by atoms with E-state index in [0.717, 1.165) is 64.8 Å². The van der Waals surface area contributed by atoms with Crippen LogP contribution in [-0.4, -0.2) is 87.1 Å². The monoisotopic (exact) mass is 621 g/mol. The molecule has 0 radical (unpaired) electrons. The van der Waals surface area contributed by atoms with Crippen LogP contribution in [0.2, 0.25) is 0 Å². The lowest BCUT2D eigenvalue weighted by Gasteiger charge is -2.54. The summed E-state index contributed by atoms with van der Waals surface area (Å²) in [5.74, 6) is 1.33. The molecule has 11 heteroatoms. The molecule has 1 atom stereocenters. The molecule has 6 rings (SSSR count). The third kappa shape index (κ3) is 6.50. The molecule has 1 saturated carbocycles. The van der Waals surface area contributed by atoms with Crippen LogP contribution in [-0.2, 0) is 4.79 Å². The van der Waals surface area contributed by atoms with Crippen LogP contribution in [0.4, 0.5) is 10.2 Å². The second-order valence-electron chi connectivity index (χ2n) is 14.7. The van der Waals surface area contributed by atoms with Crippen LogP contribution in [0, 0.1) is 23.1 Å². The van der Waals surface area contributed by atoms with Gasteiger partial charge in [0.1, 0.15) is 17.9 Å². The van der Waals surface area contributed by atoms with Crippen molar-refractivity contribution < 1.29 is 18.7 Å². The number of hydrogen-bond donors (Lipinski definition) is 1. The zero-order valence-electron chi connectivity index (χ0n) is 27.4. The topological polar surface area (TPSA) is 104 Å². The molecule has 4 heterocycles. The summed E-state index contributed by atoms with van der Waals surface area (Å²) in [6.07, 6.45) is 9.29. The molecular formula is C34H48FN7O3. The zero-order valence-corrected chi connectivity index (χ0v) is 27.4. The molecule has 1 N–H and O–H groups in total. The van der Waals surface area contributed by atoms with Crippen molar-refractivity contribution in [1.82, 2.24) is 30.3 Å². The second-order valence-corrected chi connectivity index (χ2v) is 14.7. The first-order valence-corrected chi connectivity index (χ1v) is 16.7. The largest absolute Gasteiger partial charge is 0.434 e. The SMILES string of the molecule is CC(C)N(C(=O)c1cc(F)ccc1Oc1nncnc1N1CC2(CCN(C[C@H]3CC[C@]4(CC3)C[C@H](C)C(=O)N4)CC2)C1)C(C)C. The standard InChI is InChI=1S/C34H48FN7O3/c1-22(2)42(23(3)4)32(44)27-16-26(35)6-7-28(27)45-31-29(36-21-37-39-31)41-19-33(20-41)12-14-40(15-13-33)18-25-8-10-34(11-9-25)17-24(5)30(43)38-34/h6-7,16,21-25H,8-15,17-20H2,1-5H3,(H,38,43)/t24-,25-,34-/m0/s1. The van der Waals surface area contributed by atoms with Crippen molar-refractivity contribution in [3.63, 3.8) is 0 Å². The molecule has 4 fully saturated rings. The average molecular weight is 622 g/mol. The highest BCUT2D eigenvalue weighted by molar-refractivity contribution is 5.97. The Balaban J connectivity index is 1.05. The van der Waals surface area contributed by atoms with Gasteiger partial charge in [-0.05, 0) is 110 Å². The number of nitrogens with one attached hydrogen (secondary N) is 1. The van der Waals surface area contributed by atoms with Gasteiger partial charge in [0.2, 0.25) is 5.91 Å². The first-order valence-electron chi connectivity index (χ1n) is 16.7. The van der Waals surface area contributed by atoms with E-state index in [4.69, 9.17) is 4.74 Å². The van der Waals surface area contributed by atoms with Gasteiger partial charge in [-0.2, -0.15) is 0 Å². The summed E-state index contributed by atoms with van der Waals surface area (Å²) in [4.78, 5) is 36.7. The molecular weight excluding hydrogens is 573 g/mol. The molecule has 45 heavy (non-hydrogen) atoms. The number of benzene rings is 1. The van der Waals surface area contributed by atoms with Crippen molar-refractivity contribution in [2.24, 2.45) is 17.3 Å². The van der Waals surface area contributed by atoms with E-state index in [9.17, 15) is 14.0 Å². The van der Waals surface area contributed by atoms with Gasteiger partial charge in [0, 0.05) is 48.6 Å². The van der Waals surface area contributed by atoms with E-state index in [1.165, 1.54) is 37.4 Å². The van der Waals surface area contributed by atoms with Crippen molar-refractivity contribution in [2.75, 3.05) is 37.6 Å². The number of halogens is 1. The minimum atomic E-state index is -0.504. The normalized spacial score (nSPS) is 26.4. The quantitative estimate of drug-likeness (QED) is 0.437. The van der Waals surface area contributed by atoms with Crippen molar-refractivity contribution in [3.05, 3.63) is 35.9 Å². The maximum absolute atomic E-state index is 14.3. The third-order valence-corrected chi connectivity index (χ3v) is 10.7. The molecule has 2 spiro atoms. The Hall–Kier alpha value is -3.34. The van der Waals surface area contributed by atoms with E-state index in [1.54, 1.807) is 4.90 Å². The molecule has 244 valence electrons. The van der Waals surface area contributed by atoms with Gasteiger partial charge in [0.05, 0.1) is 5.56 Å². The van der Waals surface area contributed by atoms with Crippen molar-refractivity contribution in [2.45, 2.75) is 97.2 Å². The second kappa shape index (κ2) is 12.5. The van der Waals surface area contributed by atoms with E-state index in [-0.39, 0.29) is 58.0 Å². The molecule has 1 aromatic heterocycles. The van der Waals surface area contributed by atoms with E-state index in [1.807, 2.05) is 27.7 Å². The summed E-state index contributed by atoms with van der Waals surface area (Å²) in [6.45, 7) is 14.9. The summed E-state index contributed by atoms with van der Waals surface area (Å²) in [6, 6.07) is 3.86. The average Bonchev–Trinajstić information content (AvgIpc) is 3.26. The molecule has 3 aliphatic heterocycles. The maximum atomic E-state index is 14.3. The van der Waals surface area contributed by atoms with Gasteiger partial charge in [-0.1, -0.05) is 6.92 Å². The number of rotatable bonds is 8. The van der Waals surface area contributed by atoms with Crippen molar-refractivity contribution in [1.29, 1.82) is 0 Å². The Labute approximate surface area is 266 Å². The Bertz CT molecular complexity index is 1390. The predicted molar refractivity (Wildman–Crippen MR) is 170 cm³/mol. The van der Waals surface area contributed by atoms with E-state index in [0.29, 0.717) is 11.7 Å². The molecule has 2 amide bonds. The van der Waals surface area contributed by atoms with Crippen LogP contribution in [0.15, 0.2) is 24.5 Å². The number of carbonyl (C=O) groups excluding carboxylic acids is 2. The summed E-state index contributed by atoms with van der Waals surface area (Å²) >= 11 is 0. The number of anilines is 1. The highest BCUT2D eigenvalue weighted by Crippen LogP contribution is 2.45. The van der Waals surface area contributed by atoms with Gasteiger partial charge in [0.25, 0.3) is 11.8 Å². The number of aromatic nitrogens is 3. The number of piperidine rings is 1. The third-order valence-electron chi connectivity index (χ3n) is 10.7. The lowest BCUT2D eigenvalue weighted by Crippen LogP contribution is -2.61. The van der Waals surface area contributed by atoms with Crippen LogP contribution < -0.4 is 15.0 Å². The minimum absolute atomic E-state index is 0.0586. The van der Waals surface area contributed by atoms with E-state index >= 15 is 0 Å². The number of carbonyl (C=O) groups is 2. The first kappa shape index (κ1) is 31.6. The van der Waals surface area contributed by atoms with Crippen molar-refractivity contribution in [3.8, 4) is 11.6 Å². The summed E-state index contributed by atoms with van der Waals surface area (Å²) < 4.78 is 20.5. The van der Waals surface area contributed by atoms with Crippen LogP contribution in [0.1, 0.15) is 89.9 Å². The molecule has 2 aromatic rings. The highest BCUT2D eigenvalue weighted by atomic mass is 19.1. The molecule has 0 unspecified atom stereocenters. The van der Waals surface area contributed by atoms with Crippen molar-refractivity contribution >= 4 is 17.6 Å². The van der Waals surface area contributed by atoms with Crippen LogP contribution in [0.3, 0.4) is 0 Å². The molecule has 0 bridgehead atoms. The van der Waals surface area contributed by atoms with Gasteiger partial charge in [0.15, 0.2) is 5.82 Å². The minimum Gasteiger partial charge on any atom is -0.434 e. The molecule has 1 aromatic carbocycles. The van der Waals surface area contributed by atoms with Gasteiger partial charge in [-0.3, -0.25) is 9.59 Å². The fourth-order valence-corrected chi connectivity index (χ4v) is 8.27. The molecule has 10 nitrogen and oxygen atoms in total. The number of ether oxygens (including phenoxy) is 1. The zero-order chi connectivity index (χ0) is 31.9. The smallest absolute Gasteiger partial charge is 0.282 e. The summed E-state index contributed by atoms with van der Waals surface area (Å²) in [5, 5.41) is 11.5. The van der Waals surface area contributed by atoms with Gasteiger partial charge in [-0.15, -0.1) is 10.2 Å². The van der Waals surface area contributed by atoms with E-state index < -0.39 is 5.82 Å². The summed E-state index contributed by atoms with van der Waals surface area (Å²) in [5.41, 5.74) is 0.450. The Kier molecular flexibility index (Phi) is 8.76. The predicted octanol–water partition coefficient (Wildman–Crippen LogP) is 5.05. The Morgan fingerprint density at radius 3 is 2.42 bits per heavy atom. The number of likely N-dealkylation sites (tertiary alicyclic amines) is 1. The number of hydrogen-bond acceptors (Lipinski definition) is 8. The van der Waals surface area contributed by atoms with Gasteiger partial charge >= 0.3 is 0 Å². The molecule has 4 aliphatic rings. The Morgan fingerprint density at radius 1 is 1.11 bits per heavy atom. The highest BCUT2D eigenvalue weighted by Gasteiger charge is 2.48. The number of nitrogens with zero attached hydrogens (tertiary/aromatic N) is 6. The van der Waals surface area contributed by atoms with Gasteiger partial charge in [-0.25, -0.2) is 9.37 Å². The van der Waals surface area contributed by atoms with Crippen LogP contribution in [0.5, 0.6) is 11.6 Å². The Morgan fingerprint density at radius 2 is 1.80 bits per heavy atom. The summed E-state index contributed by atoms with van der Waals surface area (Å²) in [7, 11) is 0. The lowest BCUT2D eigenvalue weighted by atomic mass is 9.71. The number of amides is 2. The first-order chi connectivity index (χ1) is 21.5. The lowest BCUT2D eigenvalue weighted by molar-refractivity contribution is -0.122. The van der Waals surface area contributed by atoms with Crippen LogP contribution >= 0.6 is 0 Å². The van der Waals surface area contributed by atoms with Crippen LogP contribution in [0.25, 0.3) is 0 Å². The molecule has 3 saturated heterocycles. The van der Waals surface area contributed by atoms with E-state index in [2.05, 4.69) is 37.2 Å². The maximum Gasteiger partial charge on any atom is 0.282 e. The fourth-order valence-electron chi connectivity index (χ4n) is 8.27. The fraction of sp³-hybridized carbons (Fsp3) is 0.676.